The lowest BCUT2D eigenvalue weighted by atomic mass is 9.99. The molecule has 4 heteroatoms. The molecule has 0 aliphatic carbocycles. The van der Waals surface area contributed by atoms with Crippen molar-refractivity contribution in [2.24, 2.45) is 5.92 Å². The van der Waals surface area contributed by atoms with Crippen LogP contribution in [0.25, 0.3) is 0 Å². The number of hydrogen-bond donors (Lipinski definition) is 2. The number of amides is 1. The van der Waals surface area contributed by atoms with Gasteiger partial charge in [-0.05, 0) is 62.6 Å². The molecule has 1 aromatic carbocycles. The van der Waals surface area contributed by atoms with Gasteiger partial charge in [0.1, 0.15) is 0 Å². The second-order valence-electron chi connectivity index (χ2n) is 5.96. The summed E-state index contributed by atoms with van der Waals surface area (Å²) in [6.07, 6.45) is 3.27. The number of carbonyl (C=O) groups is 1. The molecular formula is C16H23N3O. The third-order valence-electron chi connectivity index (χ3n) is 4.18. The number of rotatable bonds is 5. The molecule has 2 saturated heterocycles. The largest absolute Gasteiger partial charge is 0.326 e. The Morgan fingerprint density at radius 1 is 1.20 bits per heavy atom. The summed E-state index contributed by atoms with van der Waals surface area (Å²) in [7, 11) is 0. The van der Waals surface area contributed by atoms with Crippen molar-refractivity contribution >= 4 is 11.6 Å². The van der Waals surface area contributed by atoms with E-state index in [1.54, 1.807) is 0 Å². The van der Waals surface area contributed by atoms with Gasteiger partial charge in [-0.2, -0.15) is 0 Å². The lowest BCUT2D eigenvalue weighted by Crippen LogP contribution is -2.43. The van der Waals surface area contributed by atoms with Crippen LogP contribution in [0.1, 0.15) is 24.8 Å². The summed E-state index contributed by atoms with van der Waals surface area (Å²) >= 11 is 0. The Hall–Kier alpha value is -1.39. The minimum absolute atomic E-state index is 0.129. The molecule has 2 N–H and O–H groups in total. The number of nitrogens with one attached hydrogen (secondary N) is 2. The molecule has 1 aromatic rings. The smallest absolute Gasteiger partial charge is 0.224 e. The normalized spacial score (nSPS) is 19.8. The Bertz CT molecular complexity index is 447. The van der Waals surface area contributed by atoms with Crippen molar-refractivity contribution in [1.82, 2.24) is 10.2 Å². The second kappa shape index (κ2) is 6.37. The highest BCUT2D eigenvalue weighted by atomic mass is 16.1. The fourth-order valence-electron chi connectivity index (χ4n) is 2.86. The molecule has 0 saturated carbocycles. The van der Waals surface area contributed by atoms with E-state index in [-0.39, 0.29) is 5.91 Å². The first-order valence-corrected chi connectivity index (χ1v) is 7.61. The second-order valence-corrected chi connectivity index (χ2v) is 5.96. The van der Waals surface area contributed by atoms with Crippen LogP contribution < -0.4 is 10.6 Å². The SMILES string of the molecule is O=C(CC1CNC1)Nc1ccc(CN2CCCC2)cc1. The quantitative estimate of drug-likeness (QED) is 0.860. The molecule has 20 heavy (non-hydrogen) atoms. The van der Waals surface area contributed by atoms with Crippen LogP contribution in [0.3, 0.4) is 0 Å². The van der Waals surface area contributed by atoms with Gasteiger partial charge in [0.2, 0.25) is 5.91 Å². The molecule has 0 radical (unpaired) electrons. The average Bonchev–Trinajstić information content (AvgIpc) is 2.89. The van der Waals surface area contributed by atoms with E-state index in [2.05, 4.69) is 27.7 Å². The van der Waals surface area contributed by atoms with Crippen molar-refractivity contribution in [1.29, 1.82) is 0 Å². The third-order valence-corrected chi connectivity index (χ3v) is 4.18. The van der Waals surface area contributed by atoms with Crippen LogP contribution in [0.4, 0.5) is 5.69 Å². The lowest BCUT2D eigenvalue weighted by Gasteiger charge is -2.26. The number of nitrogens with zero attached hydrogens (tertiary/aromatic N) is 1. The third kappa shape index (κ3) is 3.58. The van der Waals surface area contributed by atoms with Crippen molar-refractivity contribution in [2.75, 3.05) is 31.5 Å². The summed E-state index contributed by atoms with van der Waals surface area (Å²) in [5, 5.41) is 6.17. The molecule has 0 unspecified atom stereocenters. The van der Waals surface area contributed by atoms with Crippen molar-refractivity contribution in [3.8, 4) is 0 Å². The molecule has 0 atom stereocenters. The number of anilines is 1. The number of benzene rings is 1. The maximum atomic E-state index is 11.8. The maximum Gasteiger partial charge on any atom is 0.224 e. The van der Waals surface area contributed by atoms with E-state index in [0.717, 1.165) is 25.3 Å². The highest BCUT2D eigenvalue weighted by Crippen LogP contribution is 2.16. The predicted octanol–water partition coefficient (Wildman–Crippen LogP) is 1.83. The molecule has 0 spiro atoms. The van der Waals surface area contributed by atoms with Crippen LogP contribution in [0.2, 0.25) is 0 Å². The first kappa shape index (κ1) is 13.6. The highest BCUT2D eigenvalue weighted by Gasteiger charge is 2.20. The molecule has 1 amide bonds. The molecular weight excluding hydrogens is 250 g/mol. The van der Waals surface area contributed by atoms with Crippen LogP contribution in [-0.2, 0) is 11.3 Å². The van der Waals surface area contributed by atoms with E-state index in [4.69, 9.17) is 0 Å². The molecule has 0 aromatic heterocycles. The van der Waals surface area contributed by atoms with Crippen LogP contribution in [0, 0.1) is 5.92 Å². The molecule has 2 aliphatic heterocycles. The van der Waals surface area contributed by atoms with Gasteiger partial charge >= 0.3 is 0 Å². The van der Waals surface area contributed by atoms with Crippen LogP contribution in [0.5, 0.6) is 0 Å². The molecule has 108 valence electrons. The van der Waals surface area contributed by atoms with Gasteiger partial charge < -0.3 is 10.6 Å². The summed E-state index contributed by atoms with van der Waals surface area (Å²) in [4.78, 5) is 14.3. The fourth-order valence-corrected chi connectivity index (χ4v) is 2.86. The topological polar surface area (TPSA) is 44.4 Å². The standard InChI is InChI=1S/C16H23N3O/c20-16(9-14-10-17-11-14)18-15-5-3-13(4-6-15)12-19-7-1-2-8-19/h3-6,14,17H,1-2,7-12H2,(H,18,20). The zero-order valence-electron chi connectivity index (χ0n) is 11.9. The van der Waals surface area contributed by atoms with Gasteiger partial charge in [0, 0.05) is 18.7 Å². The fraction of sp³-hybridized carbons (Fsp3) is 0.562. The van der Waals surface area contributed by atoms with Gasteiger partial charge in [0.25, 0.3) is 0 Å². The molecule has 2 aliphatic rings. The Labute approximate surface area is 120 Å². The lowest BCUT2D eigenvalue weighted by molar-refractivity contribution is -0.117. The molecule has 4 nitrogen and oxygen atoms in total. The van der Waals surface area contributed by atoms with Crippen molar-refractivity contribution in [3.05, 3.63) is 29.8 Å². The Kier molecular flexibility index (Phi) is 4.33. The van der Waals surface area contributed by atoms with Crippen molar-refractivity contribution in [3.63, 3.8) is 0 Å². The summed E-state index contributed by atoms with van der Waals surface area (Å²) in [5.41, 5.74) is 2.24. The van der Waals surface area contributed by atoms with Gasteiger partial charge in [-0.1, -0.05) is 12.1 Å². The minimum atomic E-state index is 0.129. The van der Waals surface area contributed by atoms with E-state index in [9.17, 15) is 4.79 Å². The Morgan fingerprint density at radius 2 is 1.90 bits per heavy atom. The first-order chi connectivity index (χ1) is 9.79. The highest BCUT2D eigenvalue weighted by molar-refractivity contribution is 5.90. The number of likely N-dealkylation sites (tertiary alicyclic amines) is 1. The Morgan fingerprint density at radius 3 is 2.50 bits per heavy atom. The summed E-state index contributed by atoms with van der Waals surface area (Å²) in [5.74, 6) is 0.647. The van der Waals surface area contributed by atoms with E-state index in [1.165, 1.54) is 31.5 Å². The van der Waals surface area contributed by atoms with E-state index < -0.39 is 0 Å². The van der Waals surface area contributed by atoms with Gasteiger partial charge in [0.15, 0.2) is 0 Å². The van der Waals surface area contributed by atoms with E-state index >= 15 is 0 Å². The summed E-state index contributed by atoms with van der Waals surface area (Å²) < 4.78 is 0. The van der Waals surface area contributed by atoms with Gasteiger partial charge in [-0.15, -0.1) is 0 Å². The van der Waals surface area contributed by atoms with Crippen LogP contribution in [-0.4, -0.2) is 37.0 Å². The zero-order valence-corrected chi connectivity index (χ0v) is 11.9. The van der Waals surface area contributed by atoms with Crippen LogP contribution >= 0.6 is 0 Å². The monoisotopic (exact) mass is 273 g/mol. The molecule has 0 bridgehead atoms. The Balaban J connectivity index is 1.48. The van der Waals surface area contributed by atoms with Crippen LogP contribution in [0.15, 0.2) is 24.3 Å². The predicted molar refractivity (Wildman–Crippen MR) is 80.6 cm³/mol. The zero-order chi connectivity index (χ0) is 13.8. The number of hydrogen-bond acceptors (Lipinski definition) is 3. The number of carbonyl (C=O) groups excluding carboxylic acids is 1. The molecule has 2 heterocycles. The maximum absolute atomic E-state index is 11.8. The van der Waals surface area contributed by atoms with Gasteiger partial charge in [-0.25, -0.2) is 0 Å². The van der Waals surface area contributed by atoms with E-state index in [0.29, 0.717) is 12.3 Å². The van der Waals surface area contributed by atoms with Gasteiger partial charge in [0.05, 0.1) is 0 Å². The van der Waals surface area contributed by atoms with E-state index in [1.807, 2.05) is 12.1 Å². The van der Waals surface area contributed by atoms with Crippen molar-refractivity contribution in [2.45, 2.75) is 25.8 Å². The molecule has 2 fully saturated rings. The first-order valence-electron chi connectivity index (χ1n) is 7.61. The molecule has 3 rings (SSSR count). The average molecular weight is 273 g/mol. The minimum Gasteiger partial charge on any atom is -0.326 e. The summed E-state index contributed by atoms with van der Waals surface area (Å²) in [6, 6.07) is 8.28. The van der Waals surface area contributed by atoms with Gasteiger partial charge in [-0.3, -0.25) is 9.69 Å². The van der Waals surface area contributed by atoms with Crippen molar-refractivity contribution < 1.29 is 4.79 Å². The summed E-state index contributed by atoms with van der Waals surface area (Å²) in [6.45, 7) is 5.41.